The quantitative estimate of drug-likeness (QED) is 0.860. The first-order valence-electron chi connectivity index (χ1n) is 7.99. The normalized spacial score (nSPS) is 18.9. The molecule has 1 aliphatic rings. The number of piperidine rings is 1. The van der Waals surface area contributed by atoms with E-state index in [4.69, 9.17) is 0 Å². The van der Waals surface area contributed by atoms with E-state index in [1.807, 2.05) is 7.05 Å². The van der Waals surface area contributed by atoms with E-state index in [-0.39, 0.29) is 6.04 Å². The maximum Gasteiger partial charge on any atom is 0.130 e. The lowest BCUT2D eigenvalue weighted by molar-refractivity contribution is 0.123. The van der Waals surface area contributed by atoms with Crippen LogP contribution >= 0.6 is 0 Å². The Morgan fingerprint density at radius 2 is 2.00 bits per heavy atom. The van der Waals surface area contributed by atoms with Gasteiger partial charge in [-0.2, -0.15) is 0 Å². The molecule has 0 amide bonds. The first-order chi connectivity index (χ1) is 10.2. The standard InChI is InChI=1S/C17H26F2N2/c1-3-17(15-5-4-14(18)12-16(15)19)21-10-7-13(8-11-21)6-9-20-2/h4-5,12-13,17,20H,3,6-11H2,1-2H3. The summed E-state index contributed by atoms with van der Waals surface area (Å²) in [5.41, 5.74) is 0.632. The predicted octanol–water partition coefficient (Wildman–Crippen LogP) is 3.74. The van der Waals surface area contributed by atoms with Gasteiger partial charge in [0.25, 0.3) is 0 Å². The lowest BCUT2D eigenvalue weighted by Gasteiger charge is -2.37. The third kappa shape index (κ3) is 4.24. The first-order valence-corrected chi connectivity index (χ1v) is 7.99. The summed E-state index contributed by atoms with van der Waals surface area (Å²) >= 11 is 0. The van der Waals surface area contributed by atoms with Gasteiger partial charge >= 0.3 is 0 Å². The number of nitrogens with zero attached hydrogens (tertiary/aromatic N) is 1. The Balaban J connectivity index is 1.99. The van der Waals surface area contributed by atoms with Gasteiger partial charge in [-0.3, -0.25) is 4.90 Å². The van der Waals surface area contributed by atoms with Crippen molar-refractivity contribution in [1.82, 2.24) is 10.2 Å². The predicted molar refractivity (Wildman–Crippen MR) is 82.2 cm³/mol. The summed E-state index contributed by atoms with van der Waals surface area (Å²) in [6.07, 6.45) is 4.40. The van der Waals surface area contributed by atoms with Crippen molar-refractivity contribution in [2.75, 3.05) is 26.7 Å². The molecular weight excluding hydrogens is 270 g/mol. The summed E-state index contributed by atoms with van der Waals surface area (Å²) in [6, 6.07) is 4.03. The molecule has 0 aliphatic carbocycles. The smallest absolute Gasteiger partial charge is 0.130 e. The molecule has 0 saturated carbocycles. The van der Waals surface area contributed by atoms with Gasteiger partial charge < -0.3 is 5.32 Å². The van der Waals surface area contributed by atoms with Gasteiger partial charge in [0.05, 0.1) is 0 Å². The highest BCUT2D eigenvalue weighted by Crippen LogP contribution is 2.31. The molecule has 1 aromatic rings. The van der Waals surface area contributed by atoms with Gasteiger partial charge in [-0.05, 0) is 64.3 Å². The molecule has 1 aromatic carbocycles. The minimum absolute atomic E-state index is 0.0656. The maximum absolute atomic E-state index is 14.0. The van der Waals surface area contributed by atoms with Gasteiger partial charge in [-0.1, -0.05) is 13.0 Å². The largest absolute Gasteiger partial charge is 0.320 e. The molecule has 0 spiro atoms. The number of nitrogens with one attached hydrogen (secondary N) is 1. The van der Waals surface area contributed by atoms with Crippen molar-refractivity contribution in [2.45, 2.75) is 38.6 Å². The second kappa shape index (κ2) is 7.85. The molecule has 0 aromatic heterocycles. The third-order valence-electron chi connectivity index (χ3n) is 4.60. The number of rotatable bonds is 6. The minimum Gasteiger partial charge on any atom is -0.320 e. The summed E-state index contributed by atoms with van der Waals surface area (Å²) < 4.78 is 27.1. The van der Waals surface area contributed by atoms with Crippen LogP contribution in [-0.4, -0.2) is 31.6 Å². The van der Waals surface area contributed by atoms with Crippen LogP contribution in [0.4, 0.5) is 8.78 Å². The maximum atomic E-state index is 14.0. The molecule has 1 heterocycles. The number of hydrogen-bond acceptors (Lipinski definition) is 2. The van der Waals surface area contributed by atoms with Crippen LogP contribution in [0.25, 0.3) is 0 Å². The molecule has 21 heavy (non-hydrogen) atoms. The highest BCUT2D eigenvalue weighted by Gasteiger charge is 2.26. The van der Waals surface area contributed by atoms with E-state index in [9.17, 15) is 8.78 Å². The fourth-order valence-electron chi connectivity index (χ4n) is 3.35. The van der Waals surface area contributed by atoms with Crippen molar-refractivity contribution in [3.05, 3.63) is 35.4 Å². The molecule has 2 rings (SSSR count). The molecule has 1 unspecified atom stereocenters. The molecular formula is C17H26F2N2. The molecule has 118 valence electrons. The Bertz CT molecular complexity index is 442. The van der Waals surface area contributed by atoms with Crippen molar-refractivity contribution < 1.29 is 8.78 Å². The van der Waals surface area contributed by atoms with Crippen molar-refractivity contribution >= 4 is 0 Å². The highest BCUT2D eigenvalue weighted by molar-refractivity contribution is 5.22. The van der Waals surface area contributed by atoms with Crippen LogP contribution in [0.5, 0.6) is 0 Å². The second-order valence-electron chi connectivity index (χ2n) is 5.96. The van der Waals surface area contributed by atoms with E-state index < -0.39 is 11.6 Å². The van der Waals surface area contributed by atoms with Gasteiger partial charge in [-0.25, -0.2) is 8.78 Å². The SMILES string of the molecule is CCC(c1ccc(F)cc1F)N1CCC(CCNC)CC1. The van der Waals surface area contributed by atoms with Gasteiger partial charge in [0.1, 0.15) is 11.6 Å². The average molecular weight is 296 g/mol. The minimum atomic E-state index is -0.503. The van der Waals surface area contributed by atoms with Gasteiger partial charge in [0.2, 0.25) is 0 Å². The summed E-state index contributed by atoms with van der Waals surface area (Å²) in [7, 11) is 1.99. The van der Waals surface area contributed by atoms with E-state index in [1.54, 1.807) is 6.07 Å². The van der Waals surface area contributed by atoms with Crippen LogP contribution < -0.4 is 5.32 Å². The monoisotopic (exact) mass is 296 g/mol. The van der Waals surface area contributed by atoms with E-state index in [1.165, 1.54) is 25.3 Å². The highest BCUT2D eigenvalue weighted by atomic mass is 19.1. The molecule has 4 heteroatoms. The van der Waals surface area contributed by atoms with Gasteiger partial charge in [-0.15, -0.1) is 0 Å². The third-order valence-corrected chi connectivity index (χ3v) is 4.60. The van der Waals surface area contributed by atoms with Gasteiger partial charge in [0, 0.05) is 17.7 Å². The molecule has 1 atom stereocenters. The van der Waals surface area contributed by atoms with Crippen molar-refractivity contribution in [1.29, 1.82) is 0 Å². The van der Waals surface area contributed by atoms with Crippen LogP contribution in [0.15, 0.2) is 18.2 Å². The summed E-state index contributed by atoms with van der Waals surface area (Å²) in [4.78, 5) is 2.35. The van der Waals surface area contributed by atoms with Crippen LogP contribution in [0.1, 0.15) is 44.2 Å². The van der Waals surface area contributed by atoms with Crippen LogP contribution in [0, 0.1) is 17.6 Å². The fourth-order valence-corrected chi connectivity index (χ4v) is 3.35. The van der Waals surface area contributed by atoms with Crippen molar-refractivity contribution in [2.24, 2.45) is 5.92 Å². The molecule has 1 fully saturated rings. The van der Waals surface area contributed by atoms with Crippen LogP contribution in [0.3, 0.4) is 0 Å². The molecule has 1 N–H and O–H groups in total. The van der Waals surface area contributed by atoms with Gasteiger partial charge in [0.15, 0.2) is 0 Å². The Morgan fingerprint density at radius 1 is 1.29 bits per heavy atom. The van der Waals surface area contributed by atoms with E-state index in [0.29, 0.717) is 5.56 Å². The Morgan fingerprint density at radius 3 is 2.57 bits per heavy atom. The van der Waals surface area contributed by atoms with E-state index in [2.05, 4.69) is 17.1 Å². The molecule has 0 radical (unpaired) electrons. The average Bonchev–Trinajstić information content (AvgIpc) is 2.49. The molecule has 1 saturated heterocycles. The zero-order valence-electron chi connectivity index (χ0n) is 13.0. The summed E-state index contributed by atoms with van der Waals surface area (Å²) in [6.45, 7) is 5.14. The Labute approximate surface area is 126 Å². The van der Waals surface area contributed by atoms with E-state index >= 15 is 0 Å². The van der Waals surface area contributed by atoms with Crippen molar-refractivity contribution in [3.8, 4) is 0 Å². The summed E-state index contributed by atoms with van der Waals surface area (Å²) in [5.74, 6) is -0.152. The Kier molecular flexibility index (Phi) is 6.12. The molecule has 0 bridgehead atoms. The first kappa shape index (κ1) is 16.4. The number of halogens is 2. The van der Waals surface area contributed by atoms with Crippen LogP contribution in [0.2, 0.25) is 0 Å². The second-order valence-corrected chi connectivity index (χ2v) is 5.96. The van der Waals surface area contributed by atoms with Crippen LogP contribution in [-0.2, 0) is 0 Å². The molecule has 1 aliphatic heterocycles. The molecule has 2 nitrogen and oxygen atoms in total. The van der Waals surface area contributed by atoms with Crippen molar-refractivity contribution in [3.63, 3.8) is 0 Å². The number of hydrogen-bond donors (Lipinski definition) is 1. The topological polar surface area (TPSA) is 15.3 Å². The number of benzene rings is 1. The summed E-state index contributed by atoms with van der Waals surface area (Å²) in [5, 5.41) is 3.20. The zero-order chi connectivity index (χ0) is 15.2. The fraction of sp³-hybridized carbons (Fsp3) is 0.647. The number of likely N-dealkylation sites (tertiary alicyclic amines) is 1. The Hall–Kier alpha value is -1.00. The van der Waals surface area contributed by atoms with E-state index in [0.717, 1.165) is 38.0 Å². The lowest BCUT2D eigenvalue weighted by Crippen LogP contribution is -2.37. The zero-order valence-corrected chi connectivity index (χ0v) is 13.0. The lowest BCUT2D eigenvalue weighted by atomic mass is 9.91.